The maximum Gasteiger partial charge on any atom is 0.471 e. The first-order valence-corrected chi connectivity index (χ1v) is 8.65. The average molecular weight is 444 g/mol. The van der Waals surface area contributed by atoms with Crippen molar-refractivity contribution in [2.45, 2.75) is 45.4 Å². The molecule has 0 atom stereocenters. The van der Waals surface area contributed by atoms with Crippen LogP contribution in [0.25, 0.3) is 5.70 Å². The van der Waals surface area contributed by atoms with Gasteiger partial charge in [0.05, 0.1) is 22.2 Å². The fourth-order valence-electron chi connectivity index (χ4n) is 2.83. The van der Waals surface area contributed by atoms with Crippen LogP contribution in [0.4, 0.5) is 0 Å². The van der Waals surface area contributed by atoms with Crippen LogP contribution in [-0.2, 0) is 11.2 Å². The van der Waals surface area contributed by atoms with E-state index in [1.54, 1.807) is 11.8 Å². The van der Waals surface area contributed by atoms with Crippen LogP contribution in [0.15, 0.2) is 23.1 Å². The van der Waals surface area contributed by atoms with Crippen LogP contribution in [0.3, 0.4) is 0 Å². The summed E-state index contributed by atoms with van der Waals surface area (Å²) in [4.78, 5) is 17.7. The molecule has 0 saturated carbocycles. The Labute approximate surface area is 158 Å². The van der Waals surface area contributed by atoms with E-state index in [1.165, 1.54) is 17.7 Å². The first kappa shape index (κ1) is 18.5. The number of amidine groups is 1. The molecule has 1 heterocycles. The van der Waals surface area contributed by atoms with Crippen molar-refractivity contribution in [3.8, 4) is 5.75 Å². The molecule has 0 saturated heterocycles. The van der Waals surface area contributed by atoms with Crippen molar-refractivity contribution in [2.75, 3.05) is 0 Å². The third kappa shape index (κ3) is 4.16. The number of halogens is 1. The third-order valence-electron chi connectivity index (χ3n) is 3.93. The number of fused-ring (bicyclic) bond motifs is 2. The molecule has 1 aromatic rings. The molecule has 4 nitrogen and oxygen atoms in total. The minimum Gasteiger partial charge on any atom is -1.00 e. The molecule has 123 valence electrons. The first-order valence-electron chi connectivity index (χ1n) is 7.83. The number of aliphatic imine (C=N–C) groups is 1. The van der Waals surface area contributed by atoms with E-state index in [9.17, 15) is 4.79 Å². The highest BCUT2D eigenvalue weighted by molar-refractivity contribution is 8.17. The van der Waals surface area contributed by atoms with Gasteiger partial charge in [-0.05, 0) is 18.6 Å². The van der Waals surface area contributed by atoms with E-state index in [2.05, 4.69) is 17.6 Å². The summed E-state index contributed by atoms with van der Waals surface area (Å²) in [6, 6.07) is 5.85. The zero-order chi connectivity index (χ0) is 15.5. The van der Waals surface area contributed by atoms with Crippen LogP contribution in [0.5, 0.6) is 5.75 Å². The number of quaternary nitrogens is 1. The molecule has 3 rings (SSSR count). The van der Waals surface area contributed by atoms with Crippen molar-refractivity contribution in [1.29, 1.82) is 0 Å². The van der Waals surface area contributed by atoms with Crippen LogP contribution in [0, 0.1) is 0 Å². The number of benzene rings is 1. The standard InChI is InChI=1S/C17H20N2O2S.HI/c1-2-3-4-5-9-15(20)21-13-8-6-7-11-12(13)10-14-16(11)19-17(18)22-14;/h6-8H,2-5,9-10,18H2,1H3;1H/q+1;. The van der Waals surface area contributed by atoms with E-state index in [-0.39, 0.29) is 29.9 Å². The average Bonchev–Trinajstić information content (AvgIpc) is 3.01. The summed E-state index contributed by atoms with van der Waals surface area (Å²) in [5.41, 5.74) is 7.07. The summed E-state index contributed by atoms with van der Waals surface area (Å²) in [6.07, 6.45) is 5.62. The van der Waals surface area contributed by atoms with Gasteiger partial charge in [-0.3, -0.25) is 10.5 Å². The van der Waals surface area contributed by atoms with Gasteiger partial charge in [-0.1, -0.05) is 32.3 Å². The van der Waals surface area contributed by atoms with Gasteiger partial charge in [-0.2, -0.15) is 0 Å². The van der Waals surface area contributed by atoms with Gasteiger partial charge in [-0.25, -0.2) is 0 Å². The summed E-state index contributed by atoms with van der Waals surface area (Å²) in [6.45, 7) is 2.16. The van der Waals surface area contributed by atoms with Crippen molar-refractivity contribution in [3.63, 3.8) is 0 Å². The number of carbonyl (C=O) groups is 1. The summed E-state index contributed by atoms with van der Waals surface area (Å²) in [7, 11) is 0. The fourth-order valence-corrected chi connectivity index (χ4v) is 3.72. The summed E-state index contributed by atoms with van der Waals surface area (Å²) in [5.74, 6) is 0.555. The molecule has 2 aliphatic rings. The minimum absolute atomic E-state index is 0. The van der Waals surface area contributed by atoms with Gasteiger partial charge in [0.25, 0.3) is 0 Å². The quantitative estimate of drug-likeness (QED) is 0.278. The maximum atomic E-state index is 12.0. The Kier molecular flexibility index (Phi) is 6.67. The molecule has 1 aliphatic heterocycles. The lowest BCUT2D eigenvalue weighted by Crippen LogP contribution is -3.00. The van der Waals surface area contributed by atoms with Crippen molar-refractivity contribution < 1.29 is 39.2 Å². The summed E-state index contributed by atoms with van der Waals surface area (Å²) < 4.78 is 5.59. The molecule has 3 N–H and O–H groups in total. The van der Waals surface area contributed by atoms with Crippen molar-refractivity contribution >= 4 is 28.6 Å². The number of esters is 1. The summed E-state index contributed by atoms with van der Waals surface area (Å²) >= 11 is 1.62. The van der Waals surface area contributed by atoms with E-state index >= 15 is 0 Å². The van der Waals surface area contributed by atoms with Gasteiger partial charge in [0.1, 0.15) is 10.7 Å². The highest BCUT2D eigenvalue weighted by Crippen LogP contribution is 2.43. The van der Waals surface area contributed by atoms with Crippen LogP contribution < -0.4 is 39.4 Å². The predicted molar refractivity (Wildman–Crippen MR) is 89.1 cm³/mol. The molecule has 1 aliphatic carbocycles. The predicted octanol–water partition coefficient (Wildman–Crippen LogP) is -0.528. The second kappa shape index (κ2) is 8.30. The molecule has 0 spiro atoms. The Morgan fingerprint density at radius 1 is 1.35 bits per heavy atom. The maximum absolute atomic E-state index is 12.0. The van der Waals surface area contributed by atoms with Crippen LogP contribution in [-0.4, -0.2) is 11.1 Å². The first-order chi connectivity index (χ1) is 10.7. The van der Waals surface area contributed by atoms with Crippen LogP contribution >= 0.6 is 11.8 Å². The second-order valence-corrected chi connectivity index (χ2v) is 6.79. The molecule has 1 radical (unpaired) electrons. The van der Waals surface area contributed by atoms with Gasteiger partial charge < -0.3 is 28.7 Å². The number of ether oxygens (including phenoxy) is 1. The van der Waals surface area contributed by atoms with Gasteiger partial charge in [-0.15, -0.1) is 0 Å². The minimum atomic E-state index is -0.134. The third-order valence-corrected chi connectivity index (χ3v) is 4.84. The number of thioether (sulfide) groups is 1. The van der Waals surface area contributed by atoms with E-state index in [0.29, 0.717) is 12.2 Å². The Hall–Kier alpha value is -0.860. The normalized spacial score (nSPS) is 15.0. The number of allylic oxidation sites excluding steroid dienone is 1. The van der Waals surface area contributed by atoms with E-state index in [1.807, 2.05) is 18.2 Å². The van der Waals surface area contributed by atoms with Crippen molar-refractivity contribution in [2.24, 2.45) is 0 Å². The number of carbonyl (C=O) groups excluding carboxylic acids is 1. The molecular formula is C17H21IN2O2S+. The van der Waals surface area contributed by atoms with Crippen LogP contribution in [0.2, 0.25) is 0 Å². The molecule has 0 bridgehead atoms. The zero-order valence-corrected chi connectivity index (χ0v) is 16.2. The van der Waals surface area contributed by atoms with Crippen LogP contribution in [0.1, 0.15) is 50.2 Å². The number of hydrogen-bond acceptors (Lipinski definition) is 4. The highest BCUT2D eigenvalue weighted by Gasteiger charge is 2.41. The second-order valence-electron chi connectivity index (χ2n) is 5.62. The fraction of sp³-hybridized carbons (Fsp3) is 0.412. The molecule has 0 aromatic heterocycles. The highest BCUT2D eigenvalue weighted by atomic mass is 127. The van der Waals surface area contributed by atoms with Gasteiger partial charge in [0.15, 0.2) is 0 Å². The van der Waals surface area contributed by atoms with E-state index in [0.717, 1.165) is 41.3 Å². The summed E-state index contributed by atoms with van der Waals surface area (Å²) in [5, 5.41) is 0.842. The molecule has 6 heteroatoms. The number of rotatable bonds is 6. The molecule has 0 unspecified atom stereocenters. The molecule has 0 fully saturated rings. The number of unbranched alkanes of at least 4 members (excludes halogenated alkanes) is 3. The SMILES string of the molecule is CCCCCCC(=O)Oc1cccc2c1CC1=C2[N+]=C([NH3+])S1.[I-]. The lowest BCUT2D eigenvalue weighted by atomic mass is 10.1. The Morgan fingerprint density at radius 2 is 2.17 bits per heavy atom. The largest absolute Gasteiger partial charge is 1.00 e. The van der Waals surface area contributed by atoms with Gasteiger partial charge in [0, 0.05) is 18.4 Å². The molecular weight excluding hydrogens is 423 g/mol. The van der Waals surface area contributed by atoms with Gasteiger partial charge in [0.2, 0.25) is 0 Å². The Bertz CT molecular complexity index is 671. The lowest BCUT2D eigenvalue weighted by molar-refractivity contribution is -0.206. The van der Waals surface area contributed by atoms with Crippen molar-refractivity contribution in [3.05, 3.63) is 34.2 Å². The molecule has 0 amide bonds. The number of hydrogen-bond donors (Lipinski definition) is 1. The lowest BCUT2D eigenvalue weighted by Gasteiger charge is -2.09. The smallest absolute Gasteiger partial charge is 0.471 e. The Morgan fingerprint density at radius 3 is 2.96 bits per heavy atom. The van der Waals surface area contributed by atoms with Crippen molar-refractivity contribution in [1.82, 2.24) is 4.99 Å². The molecule has 23 heavy (non-hydrogen) atoms. The number of nitrogens with zero attached hydrogens (tertiary/aromatic N) is 1. The monoisotopic (exact) mass is 444 g/mol. The topological polar surface area (TPSA) is 68.0 Å². The van der Waals surface area contributed by atoms with E-state index in [4.69, 9.17) is 4.74 Å². The zero-order valence-electron chi connectivity index (χ0n) is 13.2. The van der Waals surface area contributed by atoms with Gasteiger partial charge >= 0.3 is 16.8 Å². The van der Waals surface area contributed by atoms with E-state index < -0.39 is 0 Å². The molecule has 1 aromatic carbocycles. The Balaban J connectivity index is 0.00000192.